The molecule has 0 N–H and O–H groups in total. The van der Waals surface area contributed by atoms with Crippen LogP contribution in [-0.2, 0) is 6.54 Å². The molecule has 0 saturated carbocycles. The van der Waals surface area contributed by atoms with E-state index in [9.17, 15) is 0 Å². The minimum Gasteiger partial charge on any atom is -0.309 e. The van der Waals surface area contributed by atoms with E-state index in [-0.39, 0.29) is 0 Å². The lowest BCUT2D eigenvalue weighted by Crippen LogP contribution is -1.96. The Bertz CT molecular complexity index is 527. The van der Waals surface area contributed by atoms with Gasteiger partial charge >= 0.3 is 0 Å². The first kappa shape index (κ1) is 8.38. The van der Waals surface area contributed by atoms with Gasteiger partial charge in [0.05, 0.1) is 20.4 Å². The van der Waals surface area contributed by atoms with E-state index in [0.717, 1.165) is 24.3 Å². The summed E-state index contributed by atoms with van der Waals surface area (Å²) in [6, 6.07) is 0. The highest BCUT2D eigenvalue weighted by atomic mass is 32.1. The van der Waals surface area contributed by atoms with Crippen LogP contribution >= 0.6 is 22.7 Å². The summed E-state index contributed by atoms with van der Waals surface area (Å²) in [4.78, 5) is 8.79. The maximum absolute atomic E-state index is 4.39. The molecule has 0 fully saturated rings. The zero-order valence-electron chi connectivity index (χ0n) is 7.73. The molecule has 3 aromatic heterocycles. The van der Waals surface area contributed by atoms with Crippen LogP contribution in [0.25, 0.3) is 20.7 Å². The monoisotopic (exact) mass is 223 g/mol. The fraction of sp³-hybridized carbons (Fsp3) is 0.333. The molecule has 0 aromatic carbocycles. The number of hydrogen-bond donors (Lipinski definition) is 0. The molecule has 5 heteroatoms. The molecule has 0 unspecified atom stereocenters. The second-order valence-corrected chi connectivity index (χ2v) is 4.87. The Balaban J connectivity index is 2.45. The van der Waals surface area contributed by atoms with E-state index in [1.807, 2.05) is 11.0 Å². The third-order valence-corrected chi connectivity index (χ3v) is 4.06. The number of rotatable bonds is 2. The van der Waals surface area contributed by atoms with Crippen LogP contribution in [0.5, 0.6) is 0 Å². The summed E-state index contributed by atoms with van der Waals surface area (Å²) in [7, 11) is 0. The largest absolute Gasteiger partial charge is 0.309 e. The molecule has 14 heavy (non-hydrogen) atoms. The van der Waals surface area contributed by atoms with Crippen molar-refractivity contribution in [3.05, 3.63) is 11.0 Å². The molecule has 0 aliphatic carbocycles. The third-order valence-electron chi connectivity index (χ3n) is 2.26. The van der Waals surface area contributed by atoms with Gasteiger partial charge in [-0.1, -0.05) is 6.92 Å². The normalized spacial score (nSPS) is 11.8. The van der Waals surface area contributed by atoms with Crippen molar-refractivity contribution in [3.8, 4) is 0 Å². The number of hydrogen-bond acceptors (Lipinski definition) is 4. The van der Waals surface area contributed by atoms with Gasteiger partial charge in [0.2, 0.25) is 0 Å². The Hall–Kier alpha value is -0.940. The highest BCUT2D eigenvalue weighted by molar-refractivity contribution is 7.25. The summed E-state index contributed by atoms with van der Waals surface area (Å²) in [6.45, 7) is 3.18. The van der Waals surface area contributed by atoms with Gasteiger partial charge in [0, 0.05) is 6.54 Å². The molecule has 0 bridgehead atoms. The van der Waals surface area contributed by atoms with Gasteiger partial charge in [0.1, 0.15) is 0 Å². The van der Waals surface area contributed by atoms with Crippen LogP contribution in [0.2, 0.25) is 0 Å². The van der Waals surface area contributed by atoms with Crippen LogP contribution in [0.1, 0.15) is 13.3 Å². The Morgan fingerprint density at radius 3 is 2.21 bits per heavy atom. The van der Waals surface area contributed by atoms with Gasteiger partial charge < -0.3 is 4.57 Å². The van der Waals surface area contributed by atoms with Crippen molar-refractivity contribution < 1.29 is 0 Å². The second kappa shape index (κ2) is 3.03. The Morgan fingerprint density at radius 1 is 1.14 bits per heavy atom. The first-order valence-corrected chi connectivity index (χ1v) is 6.32. The first-order valence-electron chi connectivity index (χ1n) is 4.56. The van der Waals surface area contributed by atoms with Crippen molar-refractivity contribution in [2.24, 2.45) is 0 Å². The maximum Gasteiger partial charge on any atom is 0.154 e. The summed E-state index contributed by atoms with van der Waals surface area (Å²) < 4.78 is 4.80. The van der Waals surface area contributed by atoms with Crippen LogP contribution in [0.4, 0.5) is 0 Å². The van der Waals surface area contributed by atoms with Crippen LogP contribution < -0.4 is 0 Å². The molecular weight excluding hydrogens is 214 g/mol. The Labute approximate surface area is 89.0 Å². The van der Waals surface area contributed by atoms with Gasteiger partial charge in [-0.05, 0) is 6.42 Å². The van der Waals surface area contributed by atoms with Gasteiger partial charge in [0.15, 0.2) is 11.3 Å². The standard InChI is InChI=1S/C9H9N3S2/c1-2-3-12-8-6(13-4-10-8)7-9(12)11-5-14-7/h4-5H,2-3H2,1H3. The highest BCUT2D eigenvalue weighted by Gasteiger charge is 2.14. The minimum absolute atomic E-state index is 1.01. The van der Waals surface area contributed by atoms with Crippen molar-refractivity contribution in [2.75, 3.05) is 0 Å². The van der Waals surface area contributed by atoms with Crippen molar-refractivity contribution in [1.82, 2.24) is 14.5 Å². The molecule has 0 aliphatic heterocycles. The SMILES string of the molecule is CCCn1c2ncsc2c2scnc21. The van der Waals surface area contributed by atoms with Gasteiger partial charge in [-0.15, -0.1) is 22.7 Å². The van der Waals surface area contributed by atoms with E-state index in [1.165, 1.54) is 9.40 Å². The lowest BCUT2D eigenvalue weighted by Gasteiger charge is -1.99. The Kier molecular flexibility index (Phi) is 1.81. The van der Waals surface area contributed by atoms with E-state index in [0.29, 0.717) is 0 Å². The fourth-order valence-electron chi connectivity index (χ4n) is 1.71. The van der Waals surface area contributed by atoms with E-state index >= 15 is 0 Å². The molecule has 3 nitrogen and oxygen atoms in total. The smallest absolute Gasteiger partial charge is 0.154 e. The fourth-order valence-corrected chi connectivity index (χ4v) is 3.45. The topological polar surface area (TPSA) is 30.7 Å². The molecule has 0 atom stereocenters. The van der Waals surface area contributed by atoms with Gasteiger partial charge in [-0.2, -0.15) is 0 Å². The Morgan fingerprint density at radius 2 is 1.71 bits per heavy atom. The zero-order chi connectivity index (χ0) is 9.54. The van der Waals surface area contributed by atoms with Crippen molar-refractivity contribution in [3.63, 3.8) is 0 Å². The minimum atomic E-state index is 1.01. The van der Waals surface area contributed by atoms with E-state index in [2.05, 4.69) is 21.5 Å². The number of aromatic nitrogens is 3. The van der Waals surface area contributed by atoms with E-state index in [1.54, 1.807) is 22.7 Å². The molecule has 0 saturated heterocycles. The summed E-state index contributed by atoms with van der Waals surface area (Å²) in [5.74, 6) is 0. The number of thiazole rings is 2. The molecule has 0 aliphatic rings. The van der Waals surface area contributed by atoms with Crippen molar-refractivity contribution in [1.29, 1.82) is 0 Å². The molecule has 3 aromatic rings. The molecule has 3 heterocycles. The van der Waals surface area contributed by atoms with E-state index < -0.39 is 0 Å². The summed E-state index contributed by atoms with van der Waals surface area (Å²) in [5, 5.41) is 0. The van der Waals surface area contributed by atoms with Gasteiger partial charge in [-0.3, -0.25) is 0 Å². The molecule has 3 rings (SSSR count). The van der Waals surface area contributed by atoms with Crippen LogP contribution in [0.15, 0.2) is 11.0 Å². The molecular formula is C9H9N3S2. The zero-order valence-corrected chi connectivity index (χ0v) is 9.36. The predicted octanol–water partition coefficient (Wildman–Crippen LogP) is 3.12. The molecule has 0 amide bonds. The third kappa shape index (κ3) is 0.965. The number of fused-ring (bicyclic) bond motifs is 3. The summed E-state index contributed by atoms with van der Waals surface area (Å²) in [6.07, 6.45) is 1.12. The lowest BCUT2D eigenvalue weighted by molar-refractivity contribution is 0.713. The van der Waals surface area contributed by atoms with Crippen molar-refractivity contribution >= 4 is 43.4 Å². The summed E-state index contributed by atoms with van der Waals surface area (Å²) >= 11 is 3.41. The second-order valence-electron chi connectivity index (χ2n) is 3.16. The maximum atomic E-state index is 4.39. The summed E-state index contributed by atoms with van der Waals surface area (Å²) in [5.41, 5.74) is 6.03. The molecule has 0 spiro atoms. The van der Waals surface area contributed by atoms with Crippen LogP contribution in [0, 0.1) is 0 Å². The molecule has 72 valence electrons. The van der Waals surface area contributed by atoms with Crippen LogP contribution in [0.3, 0.4) is 0 Å². The first-order chi connectivity index (χ1) is 6.92. The highest BCUT2D eigenvalue weighted by Crippen LogP contribution is 2.33. The van der Waals surface area contributed by atoms with Crippen LogP contribution in [-0.4, -0.2) is 14.5 Å². The van der Waals surface area contributed by atoms with Gasteiger partial charge in [-0.25, -0.2) is 9.97 Å². The molecule has 0 radical (unpaired) electrons. The quantitative estimate of drug-likeness (QED) is 0.668. The average Bonchev–Trinajstić information content (AvgIpc) is 2.83. The average molecular weight is 223 g/mol. The van der Waals surface area contributed by atoms with E-state index in [4.69, 9.17) is 0 Å². The lowest BCUT2D eigenvalue weighted by atomic mass is 10.5. The van der Waals surface area contributed by atoms with Gasteiger partial charge in [0.25, 0.3) is 0 Å². The number of aryl methyl sites for hydroxylation is 1. The predicted molar refractivity (Wildman–Crippen MR) is 61.1 cm³/mol. The number of nitrogens with zero attached hydrogens (tertiary/aromatic N) is 3. The van der Waals surface area contributed by atoms with Crippen molar-refractivity contribution in [2.45, 2.75) is 19.9 Å².